The maximum Gasteiger partial charge on any atom is 0.317 e. The van der Waals surface area contributed by atoms with Crippen molar-refractivity contribution in [1.82, 2.24) is 10.2 Å². The maximum absolute atomic E-state index is 12.4. The molecule has 2 rings (SSSR count). The number of nitrogens with zero attached hydrogens (tertiary/aromatic N) is 1. The number of carbonyl (C=O) groups is 3. The first-order chi connectivity index (χ1) is 12.7. The van der Waals surface area contributed by atoms with E-state index in [0.717, 1.165) is 12.8 Å². The fraction of sp³-hybridized carbons (Fsp3) is 0.571. The van der Waals surface area contributed by atoms with Gasteiger partial charge in [0.05, 0.1) is 6.54 Å². The Labute approximate surface area is 160 Å². The second-order valence-electron chi connectivity index (χ2n) is 8.15. The van der Waals surface area contributed by atoms with Crippen molar-refractivity contribution in [3.05, 3.63) is 35.9 Å². The van der Waals surface area contributed by atoms with E-state index < -0.39 is 11.4 Å². The number of benzene rings is 1. The Morgan fingerprint density at radius 1 is 1.15 bits per heavy atom. The molecule has 0 radical (unpaired) electrons. The first-order valence-corrected chi connectivity index (χ1v) is 9.53. The van der Waals surface area contributed by atoms with Crippen molar-refractivity contribution >= 4 is 17.7 Å². The van der Waals surface area contributed by atoms with Crippen LogP contribution in [0.5, 0.6) is 0 Å². The van der Waals surface area contributed by atoms with E-state index in [4.69, 9.17) is 5.11 Å². The average Bonchev–Trinajstić information content (AvgIpc) is 2.55. The lowest BCUT2D eigenvalue weighted by molar-refractivity contribution is -0.140. The minimum absolute atomic E-state index is 0.0382. The molecule has 1 aliphatic rings. The minimum atomic E-state index is -0.825. The molecule has 1 aliphatic carbocycles. The molecule has 6 heteroatoms. The number of nitrogens with one attached hydrogen (secondary N) is 1. The molecule has 0 aliphatic heterocycles. The van der Waals surface area contributed by atoms with Gasteiger partial charge in [0.15, 0.2) is 5.78 Å². The Hall–Kier alpha value is -2.21. The molecule has 1 saturated carbocycles. The molecule has 148 valence electrons. The molecule has 0 heterocycles. The largest absolute Gasteiger partial charge is 0.480 e. The van der Waals surface area contributed by atoms with E-state index in [1.54, 1.807) is 12.1 Å². The third-order valence-electron chi connectivity index (χ3n) is 5.11. The first kappa shape index (κ1) is 21.1. The number of carbonyl (C=O) groups excluding carboxylic acids is 2. The highest BCUT2D eigenvalue weighted by molar-refractivity contribution is 5.96. The second kappa shape index (κ2) is 9.13. The van der Waals surface area contributed by atoms with Gasteiger partial charge in [-0.3, -0.25) is 19.3 Å². The van der Waals surface area contributed by atoms with Crippen molar-refractivity contribution in [2.45, 2.75) is 58.5 Å². The van der Waals surface area contributed by atoms with Gasteiger partial charge in [0.1, 0.15) is 0 Å². The number of likely N-dealkylation sites (N-methyl/N-ethyl adjacent to an activating group) is 1. The first-order valence-electron chi connectivity index (χ1n) is 9.53. The summed E-state index contributed by atoms with van der Waals surface area (Å²) >= 11 is 0. The minimum Gasteiger partial charge on any atom is -0.480 e. The Morgan fingerprint density at radius 3 is 2.33 bits per heavy atom. The van der Waals surface area contributed by atoms with Crippen LogP contribution in [0.3, 0.4) is 0 Å². The van der Waals surface area contributed by atoms with Gasteiger partial charge in [-0.2, -0.15) is 0 Å². The number of hydrogen-bond acceptors (Lipinski definition) is 4. The van der Waals surface area contributed by atoms with Gasteiger partial charge in [-0.15, -0.1) is 0 Å². The summed E-state index contributed by atoms with van der Waals surface area (Å²) in [5.41, 5.74) is 0.254. The maximum atomic E-state index is 12.4. The van der Waals surface area contributed by atoms with E-state index in [-0.39, 0.29) is 30.3 Å². The second-order valence-corrected chi connectivity index (χ2v) is 8.15. The van der Waals surface area contributed by atoms with Crippen LogP contribution in [-0.2, 0) is 9.59 Å². The zero-order valence-corrected chi connectivity index (χ0v) is 16.4. The summed E-state index contributed by atoms with van der Waals surface area (Å²) in [5.74, 6) is -0.830. The molecule has 0 unspecified atom stereocenters. The molecule has 0 saturated heterocycles. The lowest BCUT2D eigenvalue weighted by Crippen LogP contribution is -2.55. The molecule has 1 fully saturated rings. The number of carboxylic acids is 1. The number of aliphatic carboxylic acids is 1. The van der Waals surface area contributed by atoms with Gasteiger partial charge in [-0.25, -0.2) is 0 Å². The van der Waals surface area contributed by atoms with Gasteiger partial charge < -0.3 is 10.4 Å². The van der Waals surface area contributed by atoms with Gasteiger partial charge >= 0.3 is 5.97 Å². The highest BCUT2D eigenvalue weighted by atomic mass is 16.4. The highest BCUT2D eigenvalue weighted by Gasteiger charge is 2.35. The van der Waals surface area contributed by atoms with Crippen LogP contribution in [0.25, 0.3) is 0 Å². The smallest absolute Gasteiger partial charge is 0.317 e. The molecule has 0 spiro atoms. The Morgan fingerprint density at radius 2 is 1.78 bits per heavy atom. The van der Waals surface area contributed by atoms with Gasteiger partial charge in [-0.05, 0) is 24.8 Å². The van der Waals surface area contributed by atoms with Gasteiger partial charge in [0.25, 0.3) is 0 Å². The third kappa shape index (κ3) is 6.47. The highest BCUT2D eigenvalue weighted by Crippen LogP contribution is 2.29. The van der Waals surface area contributed by atoms with E-state index in [2.05, 4.69) is 5.32 Å². The van der Waals surface area contributed by atoms with Gasteiger partial charge in [-0.1, -0.05) is 51.1 Å². The summed E-state index contributed by atoms with van der Waals surface area (Å²) in [6.07, 6.45) is 2.16. The van der Waals surface area contributed by atoms with Crippen molar-refractivity contribution in [2.75, 3.05) is 13.1 Å². The van der Waals surface area contributed by atoms with E-state index in [0.29, 0.717) is 24.9 Å². The van der Waals surface area contributed by atoms with Crippen LogP contribution < -0.4 is 5.32 Å². The predicted octanol–water partition coefficient (Wildman–Crippen LogP) is 2.73. The molecule has 27 heavy (non-hydrogen) atoms. The third-order valence-corrected chi connectivity index (χ3v) is 5.11. The van der Waals surface area contributed by atoms with Crippen LogP contribution in [0.4, 0.5) is 0 Å². The number of carboxylic acid groups (broad SMARTS) is 1. The monoisotopic (exact) mass is 374 g/mol. The molecule has 1 aromatic rings. The fourth-order valence-corrected chi connectivity index (χ4v) is 3.61. The van der Waals surface area contributed by atoms with Crippen LogP contribution >= 0.6 is 0 Å². The van der Waals surface area contributed by atoms with Crippen molar-refractivity contribution in [3.63, 3.8) is 0 Å². The molecule has 1 aromatic carbocycles. The fourth-order valence-electron chi connectivity index (χ4n) is 3.61. The van der Waals surface area contributed by atoms with Gasteiger partial charge in [0, 0.05) is 30.5 Å². The van der Waals surface area contributed by atoms with Crippen molar-refractivity contribution in [1.29, 1.82) is 0 Å². The zero-order chi connectivity index (χ0) is 20.0. The molecule has 1 amide bonds. The Balaban J connectivity index is 1.77. The van der Waals surface area contributed by atoms with Crippen molar-refractivity contribution in [2.24, 2.45) is 5.41 Å². The Kier molecular flexibility index (Phi) is 7.13. The van der Waals surface area contributed by atoms with E-state index in [9.17, 15) is 14.4 Å². The molecular weight excluding hydrogens is 344 g/mol. The van der Waals surface area contributed by atoms with E-state index >= 15 is 0 Å². The lowest BCUT2D eigenvalue weighted by atomic mass is 9.81. The topological polar surface area (TPSA) is 86.7 Å². The summed E-state index contributed by atoms with van der Waals surface area (Å²) in [4.78, 5) is 37.6. The van der Waals surface area contributed by atoms with Crippen LogP contribution in [0, 0.1) is 5.41 Å². The van der Waals surface area contributed by atoms with E-state index in [1.165, 1.54) is 0 Å². The number of Topliss-reactive ketones (excluding diaryl/α,β-unsaturated/α-hetero) is 1. The van der Waals surface area contributed by atoms with E-state index in [1.807, 2.05) is 43.9 Å². The number of hydrogen-bond donors (Lipinski definition) is 2. The van der Waals surface area contributed by atoms with Gasteiger partial charge in [0.2, 0.25) is 5.91 Å². The SMILES string of the molecule is CCN(CC(=O)O)C1CC(NC(=O)CC(C)(C)CC(=O)c2ccccc2)C1. The summed E-state index contributed by atoms with van der Waals surface area (Å²) in [7, 11) is 0. The number of ketones is 1. The summed E-state index contributed by atoms with van der Waals surface area (Å²) in [5, 5.41) is 12.0. The van der Waals surface area contributed by atoms with Crippen molar-refractivity contribution < 1.29 is 19.5 Å². The number of rotatable bonds is 10. The molecule has 0 bridgehead atoms. The molecular formula is C21H30N2O4. The molecule has 2 N–H and O–H groups in total. The average molecular weight is 374 g/mol. The van der Waals surface area contributed by atoms with Crippen molar-refractivity contribution in [3.8, 4) is 0 Å². The van der Waals surface area contributed by atoms with Crippen LogP contribution in [0.15, 0.2) is 30.3 Å². The normalized spacial score (nSPS) is 19.4. The summed E-state index contributed by atoms with van der Waals surface area (Å²) < 4.78 is 0. The van der Waals surface area contributed by atoms with Crippen LogP contribution in [0.1, 0.15) is 56.8 Å². The molecule has 0 aromatic heterocycles. The summed E-state index contributed by atoms with van der Waals surface area (Å²) in [6.45, 7) is 6.54. The molecule has 0 atom stereocenters. The lowest BCUT2D eigenvalue weighted by Gasteiger charge is -2.42. The Bertz CT molecular complexity index is 666. The zero-order valence-electron chi connectivity index (χ0n) is 16.4. The predicted molar refractivity (Wildman–Crippen MR) is 104 cm³/mol. The quantitative estimate of drug-likeness (QED) is 0.615. The van der Waals surface area contributed by atoms with Crippen LogP contribution in [-0.4, -0.2) is 52.8 Å². The standard InChI is InChI=1S/C21H30N2O4/c1-4-23(14-20(26)27)17-10-16(11-17)22-19(25)13-21(2,3)12-18(24)15-8-6-5-7-9-15/h5-9,16-17H,4,10-14H2,1-3H3,(H,22,25)(H,26,27). The molecule has 6 nitrogen and oxygen atoms in total. The van der Waals surface area contributed by atoms with Crippen LogP contribution in [0.2, 0.25) is 0 Å². The summed E-state index contributed by atoms with van der Waals surface area (Å²) in [6, 6.07) is 9.44. The number of amides is 1.